The summed E-state index contributed by atoms with van der Waals surface area (Å²) in [7, 11) is 0. The average Bonchev–Trinajstić information content (AvgIpc) is 3.33. The van der Waals surface area contributed by atoms with Crippen molar-refractivity contribution in [2.24, 2.45) is 5.92 Å². The first-order valence-electron chi connectivity index (χ1n) is 7.76. The third-order valence-electron chi connectivity index (χ3n) is 4.13. The fraction of sp³-hybridized carbons (Fsp3) is 0.412. The predicted molar refractivity (Wildman–Crippen MR) is 90.1 cm³/mol. The van der Waals surface area contributed by atoms with Crippen LogP contribution in [-0.2, 0) is 4.79 Å². The van der Waals surface area contributed by atoms with Gasteiger partial charge < -0.3 is 9.73 Å². The van der Waals surface area contributed by atoms with Crippen LogP contribution >= 0.6 is 11.8 Å². The molecule has 1 amide bonds. The molecular formula is C17H18N4O2S. The standard InChI is InChI=1S/C17H18N4O2S/c1-11-5-3-4-6-13(11)15-20-21-16(23-15)24-9-14(22)19-17(2,10-18)12-7-8-12/h3-6,12H,7-9H2,1-2H3,(H,19,22). The molecule has 1 aromatic carbocycles. The van der Waals surface area contributed by atoms with Gasteiger partial charge in [-0.05, 0) is 44.2 Å². The minimum absolute atomic E-state index is 0.138. The third-order valence-corrected chi connectivity index (χ3v) is 4.95. The van der Waals surface area contributed by atoms with E-state index in [-0.39, 0.29) is 17.6 Å². The second-order valence-electron chi connectivity index (χ2n) is 6.11. The summed E-state index contributed by atoms with van der Waals surface area (Å²) in [4.78, 5) is 12.1. The van der Waals surface area contributed by atoms with Crippen molar-refractivity contribution in [2.45, 2.75) is 37.5 Å². The average molecular weight is 342 g/mol. The first-order valence-corrected chi connectivity index (χ1v) is 8.75. The van der Waals surface area contributed by atoms with Gasteiger partial charge >= 0.3 is 0 Å². The van der Waals surface area contributed by atoms with Crippen LogP contribution in [0.15, 0.2) is 33.9 Å². The van der Waals surface area contributed by atoms with E-state index in [1.807, 2.05) is 31.2 Å². The molecule has 1 fully saturated rings. The predicted octanol–water partition coefficient (Wildman–Crippen LogP) is 2.95. The van der Waals surface area contributed by atoms with Crippen molar-refractivity contribution < 1.29 is 9.21 Å². The van der Waals surface area contributed by atoms with Crippen LogP contribution in [0.2, 0.25) is 0 Å². The summed E-state index contributed by atoms with van der Waals surface area (Å²) in [6.07, 6.45) is 1.97. The number of rotatable bonds is 6. The number of nitriles is 1. The molecule has 24 heavy (non-hydrogen) atoms. The van der Waals surface area contributed by atoms with Gasteiger partial charge in [0.1, 0.15) is 5.54 Å². The van der Waals surface area contributed by atoms with Gasteiger partial charge in [0.15, 0.2) is 0 Å². The van der Waals surface area contributed by atoms with E-state index in [2.05, 4.69) is 21.6 Å². The highest BCUT2D eigenvalue weighted by Crippen LogP contribution is 2.39. The molecule has 7 heteroatoms. The molecule has 1 heterocycles. The van der Waals surface area contributed by atoms with Gasteiger partial charge in [0, 0.05) is 5.56 Å². The number of hydrogen-bond acceptors (Lipinski definition) is 6. The number of aromatic nitrogens is 2. The summed E-state index contributed by atoms with van der Waals surface area (Å²) in [6.45, 7) is 3.75. The largest absolute Gasteiger partial charge is 0.411 e. The van der Waals surface area contributed by atoms with Crippen LogP contribution < -0.4 is 5.32 Å². The highest BCUT2D eigenvalue weighted by molar-refractivity contribution is 7.99. The summed E-state index contributed by atoms with van der Waals surface area (Å²) in [5.74, 6) is 0.634. The van der Waals surface area contributed by atoms with Crippen LogP contribution in [-0.4, -0.2) is 27.4 Å². The van der Waals surface area contributed by atoms with Gasteiger partial charge in [-0.2, -0.15) is 5.26 Å². The number of carbonyl (C=O) groups is 1. The summed E-state index contributed by atoms with van der Waals surface area (Å²) >= 11 is 1.17. The maximum absolute atomic E-state index is 12.1. The molecule has 1 N–H and O–H groups in total. The van der Waals surface area contributed by atoms with E-state index in [0.717, 1.165) is 24.0 Å². The van der Waals surface area contributed by atoms with E-state index in [1.54, 1.807) is 6.92 Å². The highest BCUT2D eigenvalue weighted by atomic mass is 32.2. The fourth-order valence-electron chi connectivity index (χ4n) is 2.52. The number of aryl methyl sites for hydroxylation is 1. The normalized spacial score (nSPS) is 16.2. The van der Waals surface area contributed by atoms with E-state index >= 15 is 0 Å². The van der Waals surface area contributed by atoms with Crippen LogP contribution in [0.4, 0.5) is 0 Å². The Balaban J connectivity index is 1.59. The topological polar surface area (TPSA) is 91.8 Å². The van der Waals surface area contributed by atoms with Crippen LogP contribution in [0, 0.1) is 24.2 Å². The van der Waals surface area contributed by atoms with Gasteiger partial charge in [0.2, 0.25) is 11.8 Å². The zero-order valence-electron chi connectivity index (χ0n) is 13.6. The molecule has 3 rings (SSSR count). The Labute approximate surface area is 144 Å². The molecule has 124 valence electrons. The summed E-state index contributed by atoms with van der Waals surface area (Å²) < 4.78 is 5.61. The summed E-state index contributed by atoms with van der Waals surface area (Å²) in [5, 5.41) is 20.4. The molecule has 1 saturated carbocycles. The number of benzene rings is 1. The Kier molecular flexibility index (Phi) is 4.58. The van der Waals surface area contributed by atoms with Gasteiger partial charge in [-0.25, -0.2) is 0 Å². The van der Waals surface area contributed by atoms with Gasteiger partial charge in [0.05, 0.1) is 11.8 Å². The molecule has 1 aliphatic rings. The molecule has 0 radical (unpaired) electrons. The first kappa shape index (κ1) is 16.5. The second-order valence-corrected chi connectivity index (χ2v) is 7.04. The lowest BCUT2D eigenvalue weighted by molar-refractivity contribution is -0.119. The van der Waals surface area contributed by atoms with Crippen LogP contribution in [0.5, 0.6) is 0 Å². The lowest BCUT2D eigenvalue weighted by Crippen LogP contribution is -2.47. The number of nitrogens with zero attached hydrogens (tertiary/aromatic N) is 3. The SMILES string of the molecule is Cc1ccccc1-c1nnc(SCC(=O)NC(C)(C#N)C2CC2)o1. The molecular weight excluding hydrogens is 324 g/mol. The van der Waals surface area contributed by atoms with Crippen molar-refractivity contribution in [1.29, 1.82) is 5.26 Å². The van der Waals surface area contributed by atoms with E-state index < -0.39 is 5.54 Å². The van der Waals surface area contributed by atoms with Crippen molar-refractivity contribution in [1.82, 2.24) is 15.5 Å². The lowest BCUT2D eigenvalue weighted by atomic mass is 9.98. The number of hydrogen-bond donors (Lipinski definition) is 1. The van der Waals surface area contributed by atoms with E-state index in [0.29, 0.717) is 11.1 Å². The fourth-order valence-corrected chi connectivity index (χ4v) is 3.09. The van der Waals surface area contributed by atoms with Gasteiger partial charge in [-0.15, -0.1) is 10.2 Å². The van der Waals surface area contributed by atoms with Gasteiger partial charge in [-0.3, -0.25) is 4.79 Å². The molecule has 0 aliphatic heterocycles. The Morgan fingerprint density at radius 2 is 2.21 bits per heavy atom. The first-order chi connectivity index (χ1) is 11.5. The lowest BCUT2D eigenvalue weighted by Gasteiger charge is -2.22. The van der Waals surface area contributed by atoms with Crippen LogP contribution in [0.3, 0.4) is 0 Å². The molecule has 0 saturated heterocycles. The van der Waals surface area contributed by atoms with Crippen LogP contribution in [0.25, 0.3) is 11.5 Å². The molecule has 2 aromatic rings. The minimum Gasteiger partial charge on any atom is -0.411 e. The number of thioether (sulfide) groups is 1. The van der Waals surface area contributed by atoms with Crippen molar-refractivity contribution in [3.05, 3.63) is 29.8 Å². The monoisotopic (exact) mass is 342 g/mol. The van der Waals surface area contributed by atoms with Gasteiger partial charge in [0.25, 0.3) is 5.22 Å². The molecule has 1 unspecified atom stereocenters. The van der Waals surface area contributed by atoms with E-state index in [1.165, 1.54) is 11.8 Å². The highest BCUT2D eigenvalue weighted by Gasteiger charge is 2.42. The van der Waals surface area contributed by atoms with Gasteiger partial charge in [-0.1, -0.05) is 30.0 Å². The smallest absolute Gasteiger partial charge is 0.277 e. The molecule has 0 spiro atoms. The molecule has 1 aromatic heterocycles. The maximum Gasteiger partial charge on any atom is 0.277 e. The van der Waals surface area contributed by atoms with Crippen LogP contribution in [0.1, 0.15) is 25.3 Å². The van der Waals surface area contributed by atoms with Crippen molar-refractivity contribution in [2.75, 3.05) is 5.75 Å². The Morgan fingerprint density at radius 3 is 2.88 bits per heavy atom. The quantitative estimate of drug-likeness (QED) is 0.812. The summed E-state index contributed by atoms with van der Waals surface area (Å²) in [5.41, 5.74) is 1.15. The van der Waals surface area contributed by atoms with Crippen molar-refractivity contribution in [3.63, 3.8) is 0 Å². The number of carbonyl (C=O) groups excluding carboxylic acids is 1. The summed E-state index contributed by atoms with van der Waals surface area (Å²) in [6, 6.07) is 9.95. The molecule has 0 bridgehead atoms. The molecule has 1 aliphatic carbocycles. The maximum atomic E-state index is 12.1. The number of nitrogens with one attached hydrogen (secondary N) is 1. The minimum atomic E-state index is -0.779. The van der Waals surface area contributed by atoms with Crippen molar-refractivity contribution in [3.8, 4) is 17.5 Å². The zero-order valence-corrected chi connectivity index (χ0v) is 14.4. The van der Waals surface area contributed by atoms with Crippen molar-refractivity contribution >= 4 is 17.7 Å². The zero-order chi connectivity index (χ0) is 17.2. The van der Waals surface area contributed by atoms with E-state index in [9.17, 15) is 10.1 Å². The Hall–Kier alpha value is -2.33. The number of amides is 1. The molecule has 1 atom stereocenters. The second kappa shape index (κ2) is 6.65. The Bertz CT molecular complexity index is 794. The Morgan fingerprint density at radius 1 is 1.46 bits per heavy atom. The third kappa shape index (κ3) is 3.60. The van der Waals surface area contributed by atoms with E-state index in [4.69, 9.17) is 4.42 Å². The molecule has 6 nitrogen and oxygen atoms in total.